The first-order chi connectivity index (χ1) is 24.9. The van der Waals surface area contributed by atoms with Gasteiger partial charge in [-0.05, 0) is 78.4 Å². The van der Waals surface area contributed by atoms with Gasteiger partial charge < -0.3 is 50.3 Å². The van der Waals surface area contributed by atoms with Crippen molar-refractivity contribution in [1.82, 2.24) is 5.48 Å². The van der Waals surface area contributed by atoms with E-state index in [4.69, 9.17) is 55.5 Å². The van der Waals surface area contributed by atoms with Crippen LogP contribution in [-0.2, 0) is 0 Å². The van der Waals surface area contributed by atoms with E-state index in [0.29, 0.717) is 110 Å². The van der Waals surface area contributed by atoms with Crippen molar-refractivity contribution in [3.63, 3.8) is 0 Å². The Bertz CT molecular complexity index is 1620. The van der Waals surface area contributed by atoms with Crippen molar-refractivity contribution in [2.75, 3.05) is 39.6 Å². The van der Waals surface area contributed by atoms with E-state index in [0.717, 1.165) is 5.56 Å². The Balaban J connectivity index is 1.25. The maximum atomic E-state index is 9.00. The van der Waals surface area contributed by atoms with Crippen LogP contribution in [-0.4, -0.2) is 66.9 Å². The number of nitrogens with zero attached hydrogens (tertiary/aromatic N) is 2. The van der Waals surface area contributed by atoms with Crippen molar-refractivity contribution >= 4 is 17.4 Å². The third-order valence-electron chi connectivity index (χ3n) is 7.19. The Kier molecular flexibility index (Phi) is 14.9. The first-order valence-corrected chi connectivity index (χ1v) is 16.2. The number of hydrogen-bond acceptors (Lipinski definition) is 12. The lowest BCUT2D eigenvalue weighted by atomic mass is 10.2. The first-order valence-electron chi connectivity index (χ1n) is 16.2. The van der Waals surface area contributed by atoms with E-state index >= 15 is 0 Å². The van der Waals surface area contributed by atoms with Crippen LogP contribution >= 0.6 is 0 Å². The molecular formula is C37H43N5O9. The van der Waals surface area contributed by atoms with Crippen molar-refractivity contribution in [2.24, 2.45) is 21.8 Å². The number of nitrogens with one attached hydrogen (secondary N) is 1. The molecule has 0 saturated heterocycles. The second-order valence-electron chi connectivity index (χ2n) is 10.9. The lowest BCUT2D eigenvalue weighted by Crippen LogP contribution is -2.12. The lowest BCUT2D eigenvalue weighted by Gasteiger charge is -2.14. The first kappa shape index (κ1) is 37.5. The van der Waals surface area contributed by atoms with E-state index < -0.39 is 0 Å². The van der Waals surface area contributed by atoms with Crippen LogP contribution in [0.5, 0.6) is 34.5 Å². The predicted octanol–water partition coefficient (Wildman–Crippen LogP) is 5.37. The fraction of sp³-hybridized carbons (Fsp3) is 0.243. The molecule has 0 aliphatic carbocycles. The minimum Gasteiger partial charge on any atom is -0.493 e. The number of benzene rings is 4. The molecule has 0 aromatic heterocycles. The monoisotopic (exact) mass is 701 g/mol. The van der Waals surface area contributed by atoms with E-state index in [1.54, 1.807) is 78.9 Å². The van der Waals surface area contributed by atoms with Crippen LogP contribution in [0.3, 0.4) is 0 Å². The molecule has 0 saturated carbocycles. The molecule has 0 aliphatic rings. The fourth-order valence-corrected chi connectivity index (χ4v) is 4.49. The normalized spacial score (nSPS) is 11.4. The molecule has 0 aliphatic heterocycles. The van der Waals surface area contributed by atoms with Gasteiger partial charge in [-0.15, -0.1) is 0 Å². The minimum absolute atomic E-state index is 0.0288. The molecule has 8 N–H and O–H groups in total. The summed E-state index contributed by atoms with van der Waals surface area (Å²) in [6.45, 7) is 6.18. The topological polar surface area (TPSA) is 205 Å². The quantitative estimate of drug-likeness (QED) is 0.0201. The second kappa shape index (κ2) is 20.3. The third-order valence-corrected chi connectivity index (χ3v) is 7.19. The van der Waals surface area contributed by atoms with Crippen LogP contribution in [0.25, 0.3) is 5.70 Å². The Morgan fingerprint density at radius 1 is 0.490 bits per heavy atom. The molecule has 0 heterocycles. The van der Waals surface area contributed by atoms with E-state index in [9.17, 15) is 0 Å². The van der Waals surface area contributed by atoms with E-state index in [2.05, 4.69) is 16.9 Å². The van der Waals surface area contributed by atoms with Crippen molar-refractivity contribution < 1.29 is 44.0 Å². The molecule has 14 heteroatoms. The Morgan fingerprint density at radius 2 is 0.765 bits per heavy atom. The standard InChI is InChI=1S/C37H43N5O9/c1-26(40-43)27-5-11-30(12-6-27)46-17-2-20-49-33-23-34(50-21-3-18-47-31-13-7-28(8-14-31)36(38)41-44)25-35(24-33)51-22-4-19-48-32-15-9-29(10-16-32)37(39)42-45/h5-16,23-25,40,43-45H,1-4,17-22H2,(H2,38,41)(H2,39,42). The Labute approximate surface area is 296 Å². The minimum atomic E-state index is 0.0288. The summed E-state index contributed by atoms with van der Waals surface area (Å²) in [5.41, 5.74) is 15.6. The highest BCUT2D eigenvalue weighted by atomic mass is 16.5. The summed E-state index contributed by atoms with van der Waals surface area (Å²) < 4.78 is 35.5. The number of amidine groups is 2. The van der Waals surface area contributed by atoms with Gasteiger partial charge in [0.25, 0.3) is 0 Å². The van der Waals surface area contributed by atoms with E-state index in [1.807, 2.05) is 17.6 Å². The van der Waals surface area contributed by atoms with Gasteiger partial charge in [0.1, 0.15) is 34.5 Å². The van der Waals surface area contributed by atoms with Crippen LogP contribution in [0.15, 0.2) is 108 Å². The largest absolute Gasteiger partial charge is 0.493 e. The zero-order chi connectivity index (χ0) is 36.3. The van der Waals surface area contributed by atoms with Gasteiger partial charge in [-0.25, -0.2) is 0 Å². The summed E-state index contributed by atoms with van der Waals surface area (Å²) in [4.78, 5) is 0. The highest BCUT2D eigenvalue weighted by molar-refractivity contribution is 5.97. The molecule has 270 valence electrons. The molecule has 4 aromatic rings. The van der Waals surface area contributed by atoms with Gasteiger partial charge in [0, 0.05) is 48.6 Å². The molecule has 4 rings (SSSR count). The number of hydroxylamine groups is 1. The molecule has 0 fully saturated rings. The summed E-state index contributed by atoms with van der Waals surface area (Å²) in [5.74, 6) is 3.82. The van der Waals surface area contributed by atoms with Crippen LogP contribution in [0.2, 0.25) is 0 Å². The molecular weight excluding hydrogens is 658 g/mol. The number of hydrogen-bond donors (Lipinski definition) is 6. The van der Waals surface area contributed by atoms with Gasteiger partial charge in [-0.1, -0.05) is 16.9 Å². The average molecular weight is 702 g/mol. The smallest absolute Gasteiger partial charge is 0.170 e. The second-order valence-corrected chi connectivity index (χ2v) is 10.9. The van der Waals surface area contributed by atoms with Gasteiger partial charge in [-0.2, -0.15) is 0 Å². The van der Waals surface area contributed by atoms with Crippen molar-refractivity contribution in [3.05, 3.63) is 114 Å². The molecule has 0 unspecified atom stereocenters. The molecule has 0 atom stereocenters. The number of rotatable bonds is 22. The molecule has 14 nitrogen and oxygen atoms in total. The zero-order valence-corrected chi connectivity index (χ0v) is 28.1. The van der Waals surface area contributed by atoms with Crippen molar-refractivity contribution in [2.45, 2.75) is 19.3 Å². The Hall–Kier alpha value is -6.28. The van der Waals surface area contributed by atoms with E-state index in [-0.39, 0.29) is 11.7 Å². The maximum Gasteiger partial charge on any atom is 0.170 e. The Morgan fingerprint density at radius 3 is 1.04 bits per heavy atom. The highest BCUT2D eigenvalue weighted by Gasteiger charge is 2.07. The SMILES string of the molecule is C=C(NO)c1ccc(OCCCOc2cc(OCCCOc3ccc(/C(N)=N/O)cc3)cc(OCCCOc3ccc(/C(N)=N\O)cc3)c2)cc1. The number of nitrogens with two attached hydrogens (primary N) is 2. The summed E-state index contributed by atoms with van der Waals surface area (Å²) in [7, 11) is 0. The molecule has 0 bridgehead atoms. The van der Waals surface area contributed by atoms with Crippen LogP contribution in [0.1, 0.15) is 36.0 Å². The van der Waals surface area contributed by atoms with E-state index in [1.165, 1.54) is 0 Å². The summed E-state index contributed by atoms with van der Waals surface area (Å²) in [5, 5.41) is 32.6. The van der Waals surface area contributed by atoms with Gasteiger partial charge in [0.05, 0.1) is 45.3 Å². The molecule has 51 heavy (non-hydrogen) atoms. The van der Waals surface area contributed by atoms with Gasteiger partial charge in [0.2, 0.25) is 0 Å². The average Bonchev–Trinajstić information content (AvgIpc) is 3.17. The van der Waals surface area contributed by atoms with Crippen LogP contribution in [0.4, 0.5) is 0 Å². The molecule has 0 spiro atoms. The number of oxime groups is 2. The van der Waals surface area contributed by atoms with Crippen LogP contribution in [0, 0.1) is 0 Å². The number of ether oxygens (including phenoxy) is 6. The van der Waals surface area contributed by atoms with Crippen molar-refractivity contribution in [1.29, 1.82) is 0 Å². The van der Waals surface area contributed by atoms with Gasteiger partial charge in [0.15, 0.2) is 11.7 Å². The van der Waals surface area contributed by atoms with Gasteiger partial charge >= 0.3 is 0 Å². The maximum absolute atomic E-state index is 9.00. The summed E-state index contributed by atoms with van der Waals surface area (Å²) in [6, 6.07) is 26.5. The molecule has 0 amide bonds. The zero-order valence-electron chi connectivity index (χ0n) is 28.1. The molecule has 0 radical (unpaired) electrons. The van der Waals surface area contributed by atoms with Gasteiger partial charge in [-0.3, -0.25) is 10.7 Å². The molecule has 4 aromatic carbocycles. The lowest BCUT2D eigenvalue weighted by molar-refractivity contribution is 0.225. The highest BCUT2D eigenvalue weighted by Crippen LogP contribution is 2.29. The van der Waals surface area contributed by atoms with Crippen molar-refractivity contribution in [3.8, 4) is 34.5 Å². The van der Waals surface area contributed by atoms with Crippen LogP contribution < -0.4 is 45.4 Å². The summed E-state index contributed by atoms with van der Waals surface area (Å²) >= 11 is 0. The fourth-order valence-electron chi connectivity index (χ4n) is 4.49. The summed E-state index contributed by atoms with van der Waals surface area (Å²) in [6.07, 6.45) is 1.86. The predicted molar refractivity (Wildman–Crippen MR) is 192 cm³/mol. The third kappa shape index (κ3) is 12.6.